The number of hydrogen-bond donors (Lipinski definition) is 3. The number of nitrogens with two attached hydrogens (primary N) is 1. The lowest BCUT2D eigenvalue weighted by molar-refractivity contribution is -0.125. The van der Waals surface area contributed by atoms with Crippen LogP contribution >= 0.6 is 0 Å². The Labute approximate surface area is 119 Å². The van der Waals surface area contributed by atoms with Crippen molar-refractivity contribution in [1.82, 2.24) is 4.72 Å². The zero-order valence-corrected chi connectivity index (χ0v) is 12.8. The molecule has 20 heavy (non-hydrogen) atoms. The van der Waals surface area contributed by atoms with Crippen LogP contribution in [0, 0.1) is 5.41 Å². The van der Waals surface area contributed by atoms with Crippen molar-refractivity contribution in [1.29, 1.82) is 0 Å². The predicted molar refractivity (Wildman–Crippen MR) is 78.8 cm³/mol. The van der Waals surface area contributed by atoms with E-state index >= 15 is 0 Å². The largest absolute Gasteiger partial charge is 0.383 e. The second kappa shape index (κ2) is 6.23. The lowest BCUT2D eigenvalue weighted by Gasteiger charge is -2.22. The molecule has 0 aliphatic heterocycles. The van der Waals surface area contributed by atoms with Crippen LogP contribution < -0.4 is 15.8 Å². The van der Waals surface area contributed by atoms with Crippen LogP contribution in [0.3, 0.4) is 0 Å². The zero-order chi connectivity index (χ0) is 15.4. The van der Waals surface area contributed by atoms with Gasteiger partial charge in [-0.05, 0) is 26.0 Å². The van der Waals surface area contributed by atoms with Crippen molar-refractivity contribution in [2.24, 2.45) is 11.1 Å². The molecule has 1 rings (SSSR count). The van der Waals surface area contributed by atoms with Crippen molar-refractivity contribution >= 4 is 21.6 Å². The molecule has 1 aromatic carbocycles. The van der Waals surface area contributed by atoms with Gasteiger partial charge < -0.3 is 11.1 Å². The number of sulfonamides is 1. The number of nitrogens with one attached hydrogen (secondary N) is 2. The summed E-state index contributed by atoms with van der Waals surface area (Å²) in [5.74, 6) is -0.447. The van der Waals surface area contributed by atoms with Crippen molar-refractivity contribution in [2.75, 3.05) is 18.4 Å². The van der Waals surface area contributed by atoms with E-state index in [1.54, 1.807) is 39.0 Å². The monoisotopic (exact) mass is 299 g/mol. The molecule has 0 fully saturated rings. The van der Waals surface area contributed by atoms with Gasteiger partial charge in [-0.25, -0.2) is 13.1 Å². The molecule has 7 heteroatoms. The molecule has 0 atom stereocenters. The molecule has 0 saturated carbocycles. The molecule has 0 saturated heterocycles. The standard InChI is InChI=1S/C13H21N3O3S/c1-4-16-20(18,19)11-8-6-5-7-10(11)15-9-13(2,3)12(14)17/h5-8,15-16H,4,9H2,1-3H3,(H2,14,17). The van der Waals surface area contributed by atoms with Crippen LogP contribution in [0.1, 0.15) is 20.8 Å². The first kappa shape index (κ1) is 16.5. The van der Waals surface area contributed by atoms with Gasteiger partial charge in [0.2, 0.25) is 15.9 Å². The number of para-hydroxylation sites is 1. The van der Waals surface area contributed by atoms with Crippen LogP contribution in [0.25, 0.3) is 0 Å². The van der Waals surface area contributed by atoms with Crippen molar-refractivity contribution in [3.8, 4) is 0 Å². The molecular formula is C13H21N3O3S. The SMILES string of the molecule is CCNS(=O)(=O)c1ccccc1NCC(C)(C)C(N)=O. The van der Waals surface area contributed by atoms with Crippen LogP contribution in [0.4, 0.5) is 5.69 Å². The maximum Gasteiger partial charge on any atom is 0.242 e. The third kappa shape index (κ3) is 3.94. The smallest absolute Gasteiger partial charge is 0.242 e. The highest BCUT2D eigenvalue weighted by molar-refractivity contribution is 7.89. The Morgan fingerprint density at radius 3 is 2.45 bits per heavy atom. The summed E-state index contributed by atoms with van der Waals surface area (Å²) in [7, 11) is -3.56. The maximum atomic E-state index is 12.1. The van der Waals surface area contributed by atoms with Gasteiger partial charge in [0.15, 0.2) is 0 Å². The topological polar surface area (TPSA) is 101 Å². The Morgan fingerprint density at radius 1 is 1.30 bits per heavy atom. The summed E-state index contributed by atoms with van der Waals surface area (Å²) in [6.07, 6.45) is 0. The van der Waals surface area contributed by atoms with Gasteiger partial charge in [0.05, 0.1) is 11.1 Å². The minimum absolute atomic E-state index is 0.155. The second-order valence-electron chi connectivity index (χ2n) is 5.10. The average molecular weight is 299 g/mol. The summed E-state index contributed by atoms with van der Waals surface area (Å²) < 4.78 is 26.6. The molecule has 0 aliphatic carbocycles. The first-order valence-electron chi connectivity index (χ1n) is 6.33. The van der Waals surface area contributed by atoms with E-state index in [1.807, 2.05) is 0 Å². The number of anilines is 1. The van der Waals surface area contributed by atoms with Gasteiger partial charge in [0, 0.05) is 13.1 Å². The Morgan fingerprint density at radius 2 is 1.90 bits per heavy atom. The molecular weight excluding hydrogens is 278 g/mol. The summed E-state index contributed by atoms with van der Waals surface area (Å²) in [5.41, 5.74) is 4.97. The van der Waals surface area contributed by atoms with Crippen molar-refractivity contribution in [3.63, 3.8) is 0 Å². The highest BCUT2D eigenvalue weighted by Crippen LogP contribution is 2.23. The lowest BCUT2D eigenvalue weighted by Crippen LogP contribution is -2.37. The van der Waals surface area contributed by atoms with Crippen LogP contribution in [0.15, 0.2) is 29.2 Å². The summed E-state index contributed by atoms with van der Waals surface area (Å²) in [4.78, 5) is 11.4. The van der Waals surface area contributed by atoms with Gasteiger partial charge in [-0.1, -0.05) is 19.1 Å². The number of carbonyl (C=O) groups is 1. The third-order valence-electron chi connectivity index (χ3n) is 2.90. The normalized spacial score (nSPS) is 12.2. The van der Waals surface area contributed by atoms with Gasteiger partial charge >= 0.3 is 0 Å². The van der Waals surface area contributed by atoms with E-state index in [-0.39, 0.29) is 11.4 Å². The highest BCUT2D eigenvalue weighted by Gasteiger charge is 2.25. The Kier molecular flexibility index (Phi) is 5.13. The van der Waals surface area contributed by atoms with Gasteiger partial charge in [0.1, 0.15) is 4.90 Å². The van der Waals surface area contributed by atoms with Crippen molar-refractivity contribution < 1.29 is 13.2 Å². The molecule has 0 aliphatic rings. The van der Waals surface area contributed by atoms with Gasteiger partial charge in [-0.2, -0.15) is 0 Å². The fraction of sp³-hybridized carbons (Fsp3) is 0.462. The van der Waals surface area contributed by atoms with Gasteiger partial charge in [-0.3, -0.25) is 4.79 Å². The van der Waals surface area contributed by atoms with Crippen LogP contribution in [0.2, 0.25) is 0 Å². The summed E-state index contributed by atoms with van der Waals surface area (Å²) in [5, 5.41) is 2.98. The van der Waals surface area contributed by atoms with E-state index in [2.05, 4.69) is 10.0 Å². The molecule has 6 nitrogen and oxygen atoms in total. The van der Waals surface area contributed by atoms with Crippen LogP contribution in [0.5, 0.6) is 0 Å². The summed E-state index contributed by atoms with van der Waals surface area (Å²) in [6.45, 7) is 5.67. The van der Waals surface area contributed by atoms with Crippen LogP contribution in [-0.2, 0) is 14.8 Å². The Balaban J connectivity index is 3.01. The lowest BCUT2D eigenvalue weighted by atomic mass is 9.93. The minimum Gasteiger partial charge on any atom is -0.383 e. The van der Waals surface area contributed by atoms with E-state index in [1.165, 1.54) is 6.07 Å². The van der Waals surface area contributed by atoms with Crippen molar-refractivity contribution in [3.05, 3.63) is 24.3 Å². The molecule has 0 unspecified atom stereocenters. The number of benzene rings is 1. The van der Waals surface area contributed by atoms with E-state index in [0.29, 0.717) is 12.2 Å². The first-order chi connectivity index (χ1) is 9.20. The summed E-state index contributed by atoms with van der Waals surface area (Å²) >= 11 is 0. The van der Waals surface area contributed by atoms with E-state index in [0.717, 1.165) is 0 Å². The van der Waals surface area contributed by atoms with E-state index in [9.17, 15) is 13.2 Å². The first-order valence-corrected chi connectivity index (χ1v) is 7.81. The highest BCUT2D eigenvalue weighted by atomic mass is 32.2. The third-order valence-corrected chi connectivity index (χ3v) is 4.50. The molecule has 0 aromatic heterocycles. The van der Waals surface area contributed by atoms with E-state index in [4.69, 9.17) is 5.73 Å². The number of primary amides is 1. The van der Waals surface area contributed by atoms with E-state index < -0.39 is 21.3 Å². The Bertz CT molecular complexity index is 582. The molecule has 0 heterocycles. The minimum atomic E-state index is -3.56. The summed E-state index contributed by atoms with van der Waals surface area (Å²) in [6, 6.07) is 6.54. The average Bonchev–Trinajstić information content (AvgIpc) is 2.36. The molecule has 0 bridgehead atoms. The molecule has 4 N–H and O–H groups in total. The number of carbonyl (C=O) groups excluding carboxylic acids is 1. The predicted octanol–water partition coefficient (Wildman–Crippen LogP) is 0.908. The number of amides is 1. The molecule has 1 aromatic rings. The zero-order valence-electron chi connectivity index (χ0n) is 11.9. The number of hydrogen-bond acceptors (Lipinski definition) is 4. The van der Waals surface area contributed by atoms with Gasteiger partial charge in [0.25, 0.3) is 0 Å². The second-order valence-corrected chi connectivity index (χ2v) is 6.83. The Hall–Kier alpha value is -1.60. The molecule has 112 valence electrons. The quantitative estimate of drug-likeness (QED) is 0.696. The van der Waals surface area contributed by atoms with Crippen molar-refractivity contribution in [2.45, 2.75) is 25.7 Å². The number of rotatable bonds is 7. The van der Waals surface area contributed by atoms with Crippen LogP contribution in [-0.4, -0.2) is 27.4 Å². The molecule has 1 amide bonds. The molecule has 0 spiro atoms. The maximum absolute atomic E-state index is 12.1. The fourth-order valence-corrected chi connectivity index (χ4v) is 2.74. The van der Waals surface area contributed by atoms with Gasteiger partial charge in [-0.15, -0.1) is 0 Å². The fourth-order valence-electron chi connectivity index (χ4n) is 1.52. The molecule has 0 radical (unpaired) electrons.